The Labute approximate surface area is 139 Å². The van der Waals surface area contributed by atoms with Crippen molar-refractivity contribution in [1.82, 2.24) is 9.97 Å². The molecule has 0 saturated carbocycles. The quantitative estimate of drug-likeness (QED) is 0.524. The van der Waals surface area contributed by atoms with Crippen molar-refractivity contribution in [3.63, 3.8) is 0 Å². The maximum atomic E-state index is 6.00. The van der Waals surface area contributed by atoms with Gasteiger partial charge in [0.2, 0.25) is 0 Å². The summed E-state index contributed by atoms with van der Waals surface area (Å²) in [5, 5.41) is 4.35. The number of morpholine rings is 1. The lowest BCUT2D eigenvalue weighted by atomic mass is 10.2. The minimum Gasteiger partial charge on any atom is -0.378 e. The predicted octanol–water partition coefficient (Wildman–Crippen LogP) is 3.43. The number of hydrogen-bond donors (Lipinski definition) is 1. The van der Waals surface area contributed by atoms with Crippen LogP contribution in [0.5, 0.6) is 0 Å². The van der Waals surface area contributed by atoms with Crippen molar-refractivity contribution in [1.29, 1.82) is 0 Å². The molecule has 0 amide bonds. The molecular weight excluding hydrogens is 320 g/mol. The van der Waals surface area contributed by atoms with Crippen molar-refractivity contribution in [2.75, 3.05) is 42.8 Å². The fourth-order valence-corrected chi connectivity index (χ4v) is 2.89. The first-order valence-electron chi connectivity index (χ1n) is 7.03. The number of nitrogens with zero attached hydrogens (tertiary/aromatic N) is 3. The van der Waals surface area contributed by atoms with E-state index >= 15 is 0 Å². The lowest BCUT2D eigenvalue weighted by Gasteiger charge is -2.28. The fourth-order valence-electron chi connectivity index (χ4n) is 2.28. The zero-order valence-corrected chi connectivity index (χ0v) is 13.8. The van der Waals surface area contributed by atoms with Crippen molar-refractivity contribution >= 4 is 40.6 Å². The van der Waals surface area contributed by atoms with Gasteiger partial charge in [0.05, 0.1) is 13.2 Å². The molecule has 1 aromatic heterocycles. The first-order valence-corrected chi connectivity index (χ1v) is 8.63. The van der Waals surface area contributed by atoms with Gasteiger partial charge in [-0.05, 0) is 30.5 Å². The lowest BCUT2D eigenvalue weighted by molar-refractivity contribution is 0.122. The third-order valence-electron chi connectivity index (χ3n) is 3.37. The number of thioether (sulfide) groups is 1. The number of anilines is 3. The first kappa shape index (κ1) is 15.4. The summed E-state index contributed by atoms with van der Waals surface area (Å²) in [4.78, 5) is 10.8. The predicted molar refractivity (Wildman–Crippen MR) is 91.6 cm³/mol. The van der Waals surface area contributed by atoms with E-state index in [0.29, 0.717) is 16.1 Å². The molecule has 1 fully saturated rings. The maximum absolute atomic E-state index is 6.00. The summed E-state index contributed by atoms with van der Waals surface area (Å²) in [5.41, 5.74) is 2.18. The number of hydrogen-bond acceptors (Lipinski definition) is 6. The molecule has 3 rings (SSSR count). The normalized spacial score (nSPS) is 14.9. The summed E-state index contributed by atoms with van der Waals surface area (Å²) in [5.74, 6) is 0.698. The number of ether oxygens (including phenoxy) is 1. The summed E-state index contributed by atoms with van der Waals surface area (Å²) < 4.78 is 5.37. The van der Waals surface area contributed by atoms with Crippen LogP contribution in [0.25, 0.3) is 0 Å². The number of rotatable bonds is 4. The van der Waals surface area contributed by atoms with Gasteiger partial charge in [0.25, 0.3) is 0 Å². The fraction of sp³-hybridized carbons (Fsp3) is 0.333. The van der Waals surface area contributed by atoms with Crippen LogP contribution >= 0.6 is 23.4 Å². The molecule has 0 spiro atoms. The van der Waals surface area contributed by atoms with Crippen LogP contribution in [0.3, 0.4) is 0 Å². The second-order valence-corrected chi connectivity index (χ2v) is 5.99. The minimum atomic E-state index is 0.437. The highest BCUT2D eigenvalue weighted by molar-refractivity contribution is 7.98. The van der Waals surface area contributed by atoms with Crippen molar-refractivity contribution in [3.8, 4) is 0 Å². The second-order valence-electron chi connectivity index (χ2n) is 4.83. The standard InChI is InChI=1S/C15H17ClN4OS/c1-22-15-18-13(16)10-14(19-15)17-11-2-4-12(5-3-11)20-6-8-21-9-7-20/h2-5,10H,6-9H2,1H3,(H,17,18,19). The third kappa shape index (κ3) is 3.82. The van der Waals surface area contributed by atoms with Crippen LogP contribution in [0.15, 0.2) is 35.5 Å². The Kier molecular flexibility index (Phi) is 5.02. The molecule has 1 saturated heterocycles. The Hall–Kier alpha value is -1.50. The van der Waals surface area contributed by atoms with Crippen molar-refractivity contribution in [2.24, 2.45) is 0 Å². The summed E-state index contributed by atoms with van der Waals surface area (Å²) in [7, 11) is 0. The molecule has 1 aliphatic heterocycles. The third-order valence-corrected chi connectivity index (χ3v) is 4.11. The average Bonchev–Trinajstić information content (AvgIpc) is 2.56. The van der Waals surface area contributed by atoms with Crippen LogP contribution in [0.1, 0.15) is 0 Å². The van der Waals surface area contributed by atoms with Gasteiger partial charge in [0.15, 0.2) is 5.16 Å². The second kappa shape index (κ2) is 7.17. The van der Waals surface area contributed by atoms with Crippen LogP contribution in [0, 0.1) is 0 Å². The van der Waals surface area contributed by atoms with Crippen LogP contribution in [0.4, 0.5) is 17.2 Å². The van der Waals surface area contributed by atoms with Gasteiger partial charge < -0.3 is 15.0 Å². The Morgan fingerprint density at radius 1 is 1.18 bits per heavy atom. The molecule has 0 atom stereocenters. The molecule has 1 aliphatic rings. The average molecular weight is 337 g/mol. The van der Waals surface area contributed by atoms with Crippen LogP contribution < -0.4 is 10.2 Å². The van der Waals surface area contributed by atoms with E-state index in [-0.39, 0.29) is 0 Å². The van der Waals surface area contributed by atoms with E-state index < -0.39 is 0 Å². The molecular formula is C15H17ClN4OS. The van der Waals surface area contributed by atoms with E-state index in [1.807, 2.05) is 18.4 Å². The van der Waals surface area contributed by atoms with Gasteiger partial charge in [-0.3, -0.25) is 0 Å². The molecule has 5 nitrogen and oxygen atoms in total. The molecule has 116 valence electrons. The molecule has 7 heteroatoms. The van der Waals surface area contributed by atoms with Gasteiger partial charge in [0.1, 0.15) is 11.0 Å². The van der Waals surface area contributed by atoms with E-state index in [1.54, 1.807) is 6.07 Å². The number of benzene rings is 1. The maximum Gasteiger partial charge on any atom is 0.190 e. The monoisotopic (exact) mass is 336 g/mol. The van der Waals surface area contributed by atoms with Gasteiger partial charge >= 0.3 is 0 Å². The summed E-state index contributed by atoms with van der Waals surface area (Å²) in [6.45, 7) is 3.45. The molecule has 0 radical (unpaired) electrons. The van der Waals surface area contributed by atoms with E-state index in [0.717, 1.165) is 32.0 Å². The van der Waals surface area contributed by atoms with Crippen molar-refractivity contribution < 1.29 is 4.74 Å². The van der Waals surface area contributed by atoms with Gasteiger partial charge in [-0.25, -0.2) is 9.97 Å². The Bertz CT molecular complexity index is 632. The topological polar surface area (TPSA) is 50.3 Å². The SMILES string of the molecule is CSc1nc(Cl)cc(Nc2ccc(N3CCOCC3)cc2)n1. The largest absolute Gasteiger partial charge is 0.378 e. The van der Waals surface area contributed by atoms with Crippen LogP contribution in [-0.4, -0.2) is 42.5 Å². The van der Waals surface area contributed by atoms with E-state index in [9.17, 15) is 0 Å². The Morgan fingerprint density at radius 3 is 2.59 bits per heavy atom. The molecule has 2 heterocycles. The first-order chi connectivity index (χ1) is 10.7. The number of halogens is 1. The lowest BCUT2D eigenvalue weighted by Crippen LogP contribution is -2.36. The van der Waals surface area contributed by atoms with Crippen LogP contribution in [0.2, 0.25) is 5.15 Å². The van der Waals surface area contributed by atoms with Crippen molar-refractivity contribution in [2.45, 2.75) is 5.16 Å². The molecule has 2 aromatic rings. The summed E-state index contributed by atoms with van der Waals surface area (Å²) >= 11 is 7.46. The molecule has 0 aliphatic carbocycles. The molecule has 22 heavy (non-hydrogen) atoms. The summed E-state index contributed by atoms with van der Waals surface area (Å²) in [6, 6.07) is 10.0. The minimum absolute atomic E-state index is 0.437. The number of nitrogens with one attached hydrogen (secondary N) is 1. The highest BCUT2D eigenvalue weighted by Gasteiger charge is 2.11. The van der Waals surface area contributed by atoms with Gasteiger partial charge in [-0.2, -0.15) is 0 Å². The van der Waals surface area contributed by atoms with E-state index in [4.69, 9.17) is 16.3 Å². The zero-order chi connectivity index (χ0) is 15.4. The van der Waals surface area contributed by atoms with Crippen LogP contribution in [-0.2, 0) is 4.74 Å². The Balaban J connectivity index is 1.71. The highest BCUT2D eigenvalue weighted by atomic mass is 35.5. The van der Waals surface area contributed by atoms with Gasteiger partial charge in [-0.1, -0.05) is 23.4 Å². The molecule has 0 unspecified atom stereocenters. The zero-order valence-electron chi connectivity index (χ0n) is 12.3. The Morgan fingerprint density at radius 2 is 1.91 bits per heavy atom. The molecule has 1 aromatic carbocycles. The van der Waals surface area contributed by atoms with Gasteiger partial charge in [0, 0.05) is 30.5 Å². The number of aromatic nitrogens is 2. The van der Waals surface area contributed by atoms with E-state index in [1.165, 1.54) is 17.4 Å². The molecule has 1 N–H and O–H groups in total. The smallest absolute Gasteiger partial charge is 0.190 e. The summed E-state index contributed by atoms with van der Waals surface area (Å²) in [6.07, 6.45) is 1.92. The van der Waals surface area contributed by atoms with Crippen molar-refractivity contribution in [3.05, 3.63) is 35.5 Å². The van der Waals surface area contributed by atoms with E-state index in [2.05, 4.69) is 32.3 Å². The highest BCUT2D eigenvalue weighted by Crippen LogP contribution is 2.23. The molecule has 0 bridgehead atoms. The van der Waals surface area contributed by atoms with Gasteiger partial charge in [-0.15, -0.1) is 0 Å².